The fourth-order valence-corrected chi connectivity index (χ4v) is 4.31. The van der Waals surface area contributed by atoms with Gasteiger partial charge in [-0.3, -0.25) is 9.59 Å². The highest BCUT2D eigenvalue weighted by molar-refractivity contribution is 5.83. The van der Waals surface area contributed by atoms with Gasteiger partial charge in [0.25, 0.3) is 0 Å². The first-order valence-electron chi connectivity index (χ1n) is 10.3. The molecule has 2 saturated carbocycles. The third-order valence-electron chi connectivity index (χ3n) is 6.61. The second kappa shape index (κ2) is 7.21. The van der Waals surface area contributed by atoms with E-state index in [-0.39, 0.29) is 30.2 Å². The molecule has 0 radical (unpaired) electrons. The Balaban J connectivity index is 1.94. The van der Waals surface area contributed by atoms with Gasteiger partial charge in [0.2, 0.25) is 11.8 Å². The normalized spacial score (nSPS) is 27.4. The molecule has 2 aliphatic rings. The molecule has 0 unspecified atom stereocenters. The number of hydrogen-bond donors (Lipinski definition) is 2. The second-order valence-corrected chi connectivity index (χ2v) is 10.6. The van der Waals surface area contributed by atoms with E-state index in [2.05, 4.69) is 10.6 Å². The number of nitrogens with one attached hydrogen (secondary N) is 2. The van der Waals surface area contributed by atoms with Crippen molar-refractivity contribution in [3.8, 4) is 0 Å². The van der Waals surface area contributed by atoms with Gasteiger partial charge in [0.15, 0.2) is 0 Å². The first-order valence-corrected chi connectivity index (χ1v) is 10.3. The van der Waals surface area contributed by atoms with Crippen molar-refractivity contribution in [3.63, 3.8) is 0 Å². The van der Waals surface area contributed by atoms with Crippen LogP contribution in [0.4, 0.5) is 13.2 Å². The van der Waals surface area contributed by atoms with Gasteiger partial charge in [0, 0.05) is 16.4 Å². The molecule has 2 rings (SSSR count). The van der Waals surface area contributed by atoms with Crippen LogP contribution in [0.3, 0.4) is 0 Å². The van der Waals surface area contributed by atoms with Crippen LogP contribution in [0.2, 0.25) is 0 Å². The summed E-state index contributed by atoms with van der Waals surface area (Å²) in [4.78, 5) is 25.0. The molecule has 2 fully saturated rings. The lowest BCUT2D eigenvalue weighted by atomic mass is 9.61. The summed E-state index contributed by atoms with van der Waals surface area (Å²) >= 11 is 0. The topological polar surface area (TPSA) is 58.2 Å². The van der Waals surface area contributed by atoms with Gasteiger partial charge in [-0.25, -0.2) is 0 Å². The number of carbonyl (C=O) groups is 2. The Bertz CT molecular complexity index is 610. The third kappa shape index (κ3) is 4.48. The van der Waals surface area contributed by atoms with Crippen LogP contribution in [-0.4, -0.2) is 29.1 Å². The Kier molecular flexibility index (Phi) is 5.92. The lowest BCUT2D eigenvalue weighted by molar-refractivity contribution is -0.220. The molecule has 7 heteroatoms. The minimum absolute atomic E-state index is 0.00176. The predicted molar refractivity (Wildman–Crippen MR) is 103 cm³/mol. The zero-order valence-electron chi connectivity index (χ0n) is 18.0. The van der Waals surface area contributed by atoms with Gasteiger partial charge in [-0.15, -0.1) is 0 Å². The largest absolute Gasteiger partial charge is 0.411 e. The van der Waals surface area contributed by atoms with E-state index in [0.717, 1.165) is 19.3 Å². The van der Waals surface area contributed by atoms with Crippen molar-refractivity contribution in [2.24, 2.45) is 16.7 Å². The van der Waals surface area contributed by atoms with Gasteiger partial charge in [0.1, 0.15) is 5.54 Å². The highest BCUT2D eigenvalue weighted by Crippen LogP contribution is 2.48. The fourth-order valence-electron chi connectivity index (χ4n) is 4.31. The summed E-state index contributed by atoms with van der Waals surface area (Å²) in [5.74, 6) is -0.316. The maximum absolute atomic E-state index is 13.4. The van der Waals surface area contributed by atoms with Crippen LogP contribution in [0.15, 0.2) is 0 Å². The lowest BCUT2D eigenvalue weighted by Crippen LogP contribution is -2.65. The zero-order chi connectivity index (χ0) is 21.6. The van der Waals surface area contributed by atoms with Crippen molar-refractivity contribution in [2.45, 2.75) is 104 Å². The highest BCUT2D eigenvalue weighted by Gasteiger charge is 2.60. The molecule has 2 aliphatic carbocycles. The quantitative estimate of drug-likeness (QED) is 0.673. The number of amides is 2. The molecule has 0 aromatic carbocycles. The van der Waals surface area contributed by atoms with Gasteiger partial charge >= 0.3 is 6.18 Å². The zero-order valence-corrected chi connectivity index (χ0v) is 18.0. The summed E-state index contributed by atoms with van der Waals surface area (Å²) in [6, 6.07) is 0. The molecular weight excluding hydrogens is 369 g/mol. The van der Waals surface area contributed by atoms with Gasteiger partial charge in [0.05, 0.1) is 0 Å². The van der Waals surface area contributed by atoms with E-state index < -0.39 is 28.5 Å². The Labute approximate surface area is 166 Å². The van der Waals surface area contributed by atoms with Crippen LogP contribution >= 0.6 is 0 Å². The van der Waals surface area contributed by atoms with Crippen LogP contribution < -0.4 is 10.6 Å². The van der Waals surface area contributed by atoms with Crippen molar-refractivity contribution < 1.29 is 22.8 Å². The smallest absolute Gasteiger partial charge is 0.350 e. The number of halogens is 3. The first kappa shape index (κ1) is 23.0. The van der Waals surface area contributed by atoms with Crippen LogP contribution in [0, 0.1) is 16.7 Å². The maximum Gasteiger partial charge on any atom is 0.411 e. The first-order chi connectivity index (χ1) is 12.6. The molecule has 0 atom stereocenters. The number of carbonyl (C=O) groups excluding carboxylic acids is 2. The van der Waals surface area contributed by atoms with E-state index >= 15 is 0 Å². The number of alkyl halides is 3. The highest BCUT2D eigenvalue weighted by atomic mass is 19.4. The molecule has 0 aliphatic heterocycles. The molecule has 0 aromatic rings. The Hall–Kier alpha value is -1.27. The van der Waals surface area contributed by atoms with Crippen LogP contribution in [0.5, 0.6) is 0 Å². The van der Waals surface area contributed by atoms with Crippen LogP contribution in [0.1, 0.15) is 86.5 Å². The van der Waals surface area contributed by atoms with E-state index in [9.17, 15) is 22.8 Å². The monoisotopic (exact) mass is 404 g/mol. The van der Waals surface area contributed by atoms with Gasteiger partial charge in [-0.1, -0.05) is 41.5 Å². The standard InChI is InChI=1S/C21H35F3N2O2/c1-7-19(25-15(27)17(2,3)4)12-14(13-19)11-18(5,6)16(28)26-20(9-8-10-20)21(22,23)24/h14H,7-13H2,1-6H3,(H,25,27)(H,26,28). The van der Waals surface area contributed by atoms with Crippen LogP contribution in [0.25, 0.3) is 0 Å². The maximum atomic E-state index is 13.4. The molecule has 0 spiro atoms. The Morgan fingerprint density at radius 3 is 1.86 bits per heavy atom. The average Bonchev–Trinajstić information content (AvgIpc) is 2.45. The Morgan fingerprint density at radius 1 is 0.964 bits per heavy atom. The summed E-state index contributed by atoms with van der Waals surface area (Å²) < 4.78 is 40.1. The molecule has 162 valence electrons. The van der Waals surface area contributed by atoms with Crippen molar-refractivity contribution >= 4 is 11.8 Å². The minimum atomic E-state index is -4.41. The van der Waals surface area contributed by atoms with E-state index in [1.807, 2.05) is 27.7 Å². The fraction of sp³-hybridized carbons (Fsp3) is 0.905. The van der Waals surface area contributed by atoms with E-state index in [1.54, 1.807) is 13.8 Å². The molecule has 0 bridgehead atoms. The lowest BCUT2D eigenvalue weighted by Gasteiger charge is -2.51. The van der Waals surface area contributed by atoms with E-state index in [0.29, 0.717) is 12.8 Å². The van der Waals surface area contributed by atoms with Gasteiger partial charge in [-0.2, -0.15) is 13.2 Å². The number of rotatable bonds is 6. The average molecular weight is 405 g/mol. The van der Waals surface area contributed by atoms with E-state index in [4.69, 9.17) is 0 Å². The van der Waals surface area contributed by atoms with Gasteiger partial charge in [-0.05, 0) is 50.9 Å². The van der Waals surface area contributed by atoms with Gasteiger partial charge < -0.3 is 10.6 Å². The summed E-state index contributed by atoms with van der Waals surface area (Å²) in [7, 11) is 0. The molecule has 0 aromatic heterocycles. The summed E-state index contributed by atoms with van der Waals surface area (Å²) in [5.41, 5.74) is -3.66. The third-order valence-corrected chi connectivity index (χ3v) is 6.61. The summed E-state index contributed by atoms with van der Waals surface area (Å²) in [6.45, 7) is 11.1. The Morgan fingerprint density at radius 2 is 1.50 bits per heavy atom. The summed E-state index contributed by atoms with van der Waals surface area (Å²) in [6.07, 6.45) is -1.19. The molecular formula is C21H35F3N2O2. The number of hydrogen-bond acceptors (Lipinski definition) is 2. The van der Waals surface area contributed by atoms with Crippen molar-refractivity contribution in [2.75, 3.05) is 0 Å². The SMILES string of the molecule is CCC1(NC(=O)C(C)(C)C)CC(CC(C)(C)C(=O)NC2(C(F)(F)F)CCC2)C1. The van der Waals surface area contributed by atoms with E-state index in [1.165, 1.54) is 0 Å². The minimum Gasteiger partial charge on any atom is -0.350 e. The van der Waals surface area contributed by atoms with Crippen molar-refractivity contribution in [1.82, 2.24) is 10.6 Å². The molecule has 2 amide bonds. The molecule has 0 saturated heterocycles. The van der Waals surface area contributed by atoms with Crippen molar-refractivity contribution in [1.29, 1.82) is 0 Å². The summed E-state index contributed by atoms with van der Waals surface area (Å²) in [5, 5.41) is 5.47. The molecule has 0 heterocycles. The molecule has 4 nitrogen and oxygen atoms in total. The molecule has 2 N–H and O–H groups in total. The predicted octanol–water partition coefficient (Wildman–Crippen LogP) is 4.73. The van der Waals surface area contributed by atoms with Crippen molar-refractivity contribution in [3.05, 3.63) is 0 Å². The second-order valence-electron chi connectivity index (χ2n) is 10.6. The van der Waals surface area contributed by atoms with Crippen LogP contribution in [-0.2, 0) is 9.59 Å². The molecule has 28 heavy (non-hydrogen) atoms.